The van der Waals surface area contributed by atoms with Gasteiger partial charge in [0.1, 0.15) is 24.9 Å². The van der Waals surface area contributed by atoms with Gasteiger partial charge in [0.25, 0.3) is 0 Å². The number of methoxy groups -OCH3 is 2. The van der Waals surface area contributed by atoms with Crippen molar-refractivity contribution in [3.05, 3.63) is 17.5 Å². The van der Waals surface area contributed by atoms with Crippen molar-refractivity contribution in [2.24, 2.45) is 0 Å². The molecule has 0 aliphatic carbocycles. The minimum absolute atomic E-state index is 0.0948. The van der Waals surface area contributed by atoms with E-state index in [-0.39, 0.29) is 24.7 Å². The molecule has 106 valence electrons. The van der Waals surface area contributed by atoms with Crippen molar-refractivity contribution in [3.8, 4) is 6.07 Å². The molecule has 0 unspecified atom stereocenters. The van der Waals surface area contributed by atoms with E-state index in [1.165, 1.54) is 25.2 Å². The third-order valence-electron chi connectivity index (χ3n) is 2.34. The Hall–Kier alpha value is -2.69. The SMILES string of the molecule is COC(=O)CN(CC(=O)OC)c1nc(C)cc(C#N)n1. The normalized spacial score (nSPS) is 9.50. The molecular formula is C12H14N4O4. The first-order valence-corrected chi connectivity index (χ1v) is 5.64. The quantitative estimate of drug-likeness (QED) is 0.682. The molecule has 0 saturated carbocycles. The van der Waals surface area contributed by atoms with Crippen molar-refractivity contribution in [1.82, 2.24) is 9.97 Å². The molecule has 0 saturated heterocycles. The number of nitrogens with zero attached hydrogens (tertiary/aromatic N) is 4. The molecule has 1 rings (SSSR count). The van der Waals surface area contributed by atoms with Crippen LogP contribution in [0.1, 0.15) is 11.4 Å². The molecule has 0 bridgehead atoms. The molecule has 8 nitrogen and oxygen atoms in total. The summed E-state index contributed by atoms with van der Waals surface area (Å²) in [5, 5.41) is 8.88. The molecule has 0 radical (unpaired) electrons. The van der Waals surface area contributed by atoms with E-state index in [1.54, 1.807) is 6.92 Å². The largest absolute Gasteiger partial charge is 0.468 e. The van der Waals surface area contributed by atoms with Gasteiger partial charge in [-0.25, -0.2) is 9.97 Å². The van der Waals surface area contributed by atoms with E-state index in [2.05, 4.69) is 19.4 Å². The number of aryl methyl sites for hydroxylation is 1. The van der Waals surface area contributed by atoms with Crippen LogP contribution in [0, 0.1) is 18.3 Å². The van der Waals surface area contributed by atoms with Crippen LogP contribution in [0.25, 0.3) is 0 Å². The fourth-order valence-electron chi connectivity index (χ4n) is 1.39. The molecule has 8 heteroatoms. The number of esters is 2. The predicted octanol–water partition coefficient (Wildman–Crippen LogP) is -0.191. The summed E-state index contributed by atoms with van der Waals surface area (Å²) < 4.78 is 9.10. The highest BCUT2D eigenvalue weighted by atomic mass is 16.5. The highest BCUT2D eigenvalue weighted by Crippen LogP contribution is 2.10. The van der Waals surface area contributed by atoms with Gasteiger partial charge in [-0.15, -0.1) is 0 Å². The zero-order valence-electron chi connectivity index (χ0n) is 11.4. The van der Waals surface area contributed by atoms with Gasteiger partial charge in [0.05, 0.1) is 14.2 Å². The molecule has 0 aliphatic rings. The predicted molar refractivity (Wildman–Crippen MR) is 67.7 cm³/mol. The fourth-order valence-corrected chi connectivity index (χ4v) is 1.39. The van der Waals surface area contributed by atoms with E-state index in [4.69, 9.17) is 5.26 Å². The van der Waals surface area contributed by atoms with Crippen LogP contribution in [-0.4, -0.2) is 49.2 Å². The highest BCUT2D eigenvalue weighted by Gasteiger charge is 2.19. The number of carbonyl (C=O) groups excluding carboxylic acids is 2. The minimum atomic E-state index is -0.558. The number of hydrogen-bond donors (Lipinski definition) is 0. The highest BCUT2D eigenvalue weighted by molar-refractivity contribution is 5.80. The van der Waals surface area contributed by atoms with Gasteiger partial charge in [-0.2, -0.15) is 5.26 Å². The molecule has 20 heavy (non-hydrogen) atoms. The number of carbonyl (C=O) groups is 2. The summed E-state index contributed by atoms with van der Waals surface area (Å²) in [4.78, 5) is 32.1. The standard InChI is InChI=1S/C12H14N4O4/c1-8-4-9(5-13)15-12(14-8)16(6-10(17)19-2)7-11(18)20-3/h4H,6-7H2,1-3H3. The average molecular weight is 278 g/mol. The molecule has 0 fully saturated rings. The van der Waals surface area contributed by atoms with Gasteiger partial charge in [0.15, 0.2) is 0 Å². The molecule has 0 atom stereocenters. The number of anilines is 1. The minimum Gasteiger partial charge on any atom is -0.468 e. The molecule has 1 aromatic rings. The Kier molecular flexibility index (Phi) is 5.41. The smallest absolute Gasteiger partial charge is 0.325 e. The lowest BCUT2D eigenvalue weighted by atomic mass is 10.3. The summed E-state index contributed by atoms with van der Waals surface area (Å²) in [5.74, 6) is -1.02. The second kappa shape index (κ2) is 7.04. The third-order valence-corrected chi connectivity index (χ3v) is 2.34. The van der Waals surface area contributed by atoms with E-state index < -0.39 is 11.9 Å². The molecule has 1 heterocycles. The summed E-state index contributed by atoms with van der Waals surface area (Å²) in [6, 6.07) is 3.39. The summed E-state index contributed by atoms with van der Waals surface area (Å²) >= 11 is 0. The van der Waals surface area contributed by atoms with Gasteiger partial charge in [-0.05, 0) is 13.0 Å². The van der Waals surface area contributed by atoms with Crippen LogP contribution in [0.3, 0.4) is 0 Å². The van der Waals surface area contributed by atoms with Crippen LogP contribution < -0.4 is 4.90 Å². The maximum absolute atomic E-state index is 11.4. The Balaban J connectivity index is 3.08. The second-order valence-corrected chi connectivity index (χ2v) is 3.81. The Bertz CT molecular complexity index is 535. The summed E-state index contributed by atoms with van der Waals surface area (Å²) in [7, 11) is 2.47. The molecule has 0 aromatic carbocycles. The van der Waals surface area contributed by atoms with Gasteiger partial charge in [0.2, 0.25) is 5.95 Å². The van der Waals surface area contributed by atoms with Gasteiger partial charge in [-0.1, -0.05) is 0 Å². The first kappa shape index (κ1) is 15.4. The molecular weight excluding hydrogens is 264 g/mol. The summed E-state index contributed by atoms with van der Waals surface area (Å²) in [5.41, 5.74) is 0.693. The molecule has 0 spiro atoms. The van der Waals surface area contributed by atoms with Crippen LogP contribution in [-0.2, 0) is 19.1 Å². The van der Waals surface area contributed by atoms with Crippen molar-refractivity contribution in [3.63, 3.8) is 0 Å². The van der Waals surface area contributed by atoms with Crippen molar-refractivity contribution >= 4 is 17.9 Å². The monoisotopic (exact) mass is 278 g/mol. The van der Waals surface area contributed by atoms with E-state index in [0.717, 1.165) is 0 Å². The van der Waals surface area contributed by atoms with Crippen molar-refractivity contribution in [2.75, 3.05) is 32.2 Å². The van der Waals surface area contributed by atoms with E-state index in [0.29, 0.717) is 5.69 Å². The molecule has 1 aromatic heterocycles. The Morgan fingerprint density at radius 1 is 1.25 bits per heavy atom. The zero-order chi connectivity index (χ0) is 15.1. The molecule has 0 amide bonds. The lowest BCUT2D eigenvalue weighted by Crippen LogP contribution is -2.37. The Morgan fingerprint density at radius 3 is 2.25 bits per heavy atom. The number of hydrogen-bond acceptors (Lipinski definition) is 8. The second-order valence-electron chi connectivity index (χ2n) is 3.81. The summed E-state index contributed by atoms with van der Waals surface area (Å²) in [6.07, 6.45) is 0. The van der Waals surface area contributed by atoms with Crippen LogP contribution in [0.4, 0.5) is 5.95 Å². The third kappa shape index (κ3) is 4.20. The maximum Gasteiger partial charge on any atom is 0.325 e. The maximum atomic E-state index is 11.4. The van der Waals surface area contributed by atoms with Crippen LogP contribution in [0.15, 0.2) is 6.07 Å². The van der Waals surface area contributed by atoms with Gasteiger partial charge < -0.3 is 14.4 Å². The van der Waals surface area contributed by atoms with Gasteiger partial charge in [-0.3, -0.25) is 9.59 Å². The van der Waals surface area contributed by atoms with Crippen molar-refractivity contribution in [2.45, 2.75) is 6.92 Å². The number of ether oxygens (including phenoxy) is 2. The van der Waals surface area contributed by atoms with Gasteiger partial charge >= 0.3 is 11.9 Å². The lowest BCUT2D eigenvalue weighted by Gasteiger charge is -2.20. The van der Waals surface area contributed by atoms with Crippen molar-refractivity contribution < 1.29 is 19.1 Å². The number of nitriles is 1. The van der Waals surface area contributed by atoms with E-state index in [1.807, 2.05) is 6.07 Å². The zero-order valence-corrected chi connectivity index (χ0v) is 11.4. The first-order chi connectivity index (χ1) is 9.49. The van der Waals surface area contributed by atoms with Crippen LogP contribution in [0.5, 0.6) is 0 Å². The van der Waals surface area contributed by atoms with E-state index in [9.17, 15) is 9.59 Å². The molecule has 0 N–H and O–H groups in total. The van der Waals surface area contributed by atoms with Gasteiger partial charge in [0, 0.05) is 5.69 Å². The van der Waals surface area contributed by atoms with Crippen LogP contribution >= 0.6 is 0 Å². The first-order valence-electron chi connectivity index (χ1n) is 5.64. The number of rotatable bonds is 5. The fraction of sp³-hybridized carbons (Fsp3) is 0.417. The Morgan fingerprint density at radius 2 is 1.80 bits per heavy atom. The van der Waals surface area contributed by atoms with E-state index >= 15 is 0 Å². The number of aromatic nitrogens is 2. The lowest BCUT2D eigenvalue weighted by molar-refractivity contribution is -0.140. The topological polar surface area (TPSA) is 105 Å². The van der Waals surface area contributed by atoms with Crippen molar-refractivity contribution in [1.29, 1.82) is 5.26 Å². The summed E-state index contributed by atoms with van der Waals surface area (Å²) in [6.45, 7) is 1.24. The van der Waals surface area contributed by atoms with Crippen LogP contribution in [0.2, 0.25) is 0 Å². The molecule has 0 aliphatic heterocycles. The Labute approximate surface area is 115 Å². The average Bonchev–Trinajstić information content (AvgIpc) is 2.45.